The summed E-state index contributed by atoms with van der Waals surface area (Å²) in [5.74, 6) is -2.14. The van der Waals surface area contributed by atoms with Crippen molar-refractivity contribution < 1.29 is 19.5 Å². The van der Waals surface area contributed by atoms with Gasteiger partial charge in [0.15, 0.2) is 0 Å². The Kier molecular flexibility index (Phi) is 5.07. The quantitative estimate of drug-likeness (QED) is 0.799. The minimum Gasteiger partial charge on any atom is -0.480 e. The van der Waals surface area contributed by atoms with Gasteiger partial charge in [-0.25, -0.2) is 0 Å². The summed E-state index contributed by atoms with van der Waals surface area (Å²) in [4.78, 5) is 37.6. The number of rotatable bonds is 5. The average molecular weight is 322 g/mol. The molecule has 1 aliphatic rings. The molecule has 1 aliphatic heterocycles. The molecule has 0 bridgehead atoms. The Hall–Kier alpha value is -2.02. The molecule has 1 fully saturated rings. The summed E-state index contributed by atoms with van der Waals surface area (Å²) in [5.41, 5.74) is 0.762. The number of nitrogens with one attached hydrogen (secondary N) is 1. The molecule has 1 aromatic carbocycles. The number of carbonyl (C=O) groups excluding carboxylic acids is 2. The Morgan fingerprint density at radius 2 is 2.18 bits per heavy atom. The fourth-order valence-electron chi connectivity index (χ4n) is 2.30. The molecular formula is C15H18N2O4S. The largest absolute Gasteiger partial charge is 0.480 e. The Labute approximate surface area is 132 Å². The summed E-state index contributed by atoms with van der Waals surface area (Å²) in [6.07, 6.45) is 2.05. The number of carboxylic acids is 1. The van der Waals surface area contributed by atoms with Crippen LogP contribution in [0.5, 0.6) is 0 Å². The van der Waals surface area contributed by atoms with E-state index in [1.54, 1.807) is 16.7 Å². The van der Waals surface area contributed by atoms with Crippen LogP contribution in [0.15, 0.2) is 29.2 Å². The lowest BCUT2D eigenvalue weighted by Gasteiger charge is -2.18. The second kappa shape index (κ2) is 6.83. The number of thioether (sulfide) groups is 1. The van der Waals surface area contributed by atoms with E-state index in [0.717, 1.165) is 10.6 Å². The van der Waals surface area contributed by atoms with E-state index in [-0.39, 0.29) is 18.9 Å². The summed E-state index contributed by atoms with van der Waals surface area (Å²) < 4.78 is 0. The molecule has 1 unspecified atom stereocenters. The first-order valence-corrected chi connectivity index (χ1v) is 8.12. The third kappa shape index (κ3) is 3.59. The van der Waals surface area contributed by atoms with Gasteiger partial charge in [-0.3, -0.25) is 14.4 Å². The van der Waals surface area contributed by atoms with Gasteiger partial charge >= 0.3 is 5.97 Å². The van der Waals surface area contributed by atoms with E-state index in [1.165, 1.54) is 6.92 Å². The average Bonchev–Trinajstić information content (AvgIpc) is 2.89. The SMILES string of the molecule is CSc1cccc(N2CC(C(=O)N[C@@H](C)C(=O)O)CC2=O)c1. The highest BCUT2D eigenvalue weighted by Crippen LogP contribution is 2.28. The lowest BCUT2D eigenvalue weighted by molar-refractivity contribution is -0.141. The first-order chi connectivity index (χ1) is 10.4. The second-order valence-corrected chi connectivity index (χ2v) is 6.06. The van der Waals surface area contributed by atoms with E-state index in [4.69, 9.17) is 5.11 Å². The van der Waals surface area contributed by atoms with Gasteiger partial charge in [0.05, 0.1) is 5.92 Å². The van der Waals surface area contributed by atoms with Gasteiger partial charge in [0.25, 0.3) is 0 Å². The van der Waals surface area contributed by atoms with E-state index in [9.17, 15) is 14.4 Å². The molecule has 0 aliphatic carbocycles. The van der Waals surface area contributed by atoms with Gasteiger partial charge < -0.3 is 15.3 Å². The summed E-state index contributed by atoms with van der Waals surface area (Å²) in [6, 6.07) is 6.60. The number of hydrogen-bond donors (Lipinski definition) is 2. The summed E-state index contributed by atoms with van der Waals surface area (Å²) in [7, 11) is 0. The van der Waals surface area contributed by atoms with Crippen molar-refractivity contribution in [2.75, 3.05) is 17.7 Å². The summed E-state index contributed by atoms with van der Waals surface area (Å²) in [5, 5.41) is 11.2. The van der Waals surface area contributed by atoms with Crippen molar-refractivity contribution >= 4 is 35.2 Å². The molecule has 0 radical (unpaired) electrons. The van der Waals surface area contributed by atoms with Crippen LogP contribution in [-0.4, -0.2) is 41.7 Å². The highest BCUT2D eigenvalue weighted by atomic mass is 32.2. The Morgan fingerprint density at radius 1 is 1.45 bits per heavy atom. The Morgan fingerprint density at radius 3 is 2.82 bits per heavy atom. The van der Waals surface area contributed by atoms with Crippen LogP contribution in [0.25, 0.3) is 0 Å². The highest BCUT2D eigenvalue weighted by molar-refractivity contribution is 7.98. The van der Waals surface area contributed by atoms with Crippen LogP contribution in [0.3, 0.4) is 0 Å². The number of aliphatic carboxylic acids is 1. The van der Waals surface area contributed by atoms with Gasteiger partial charge in [0.1, 0.15) is 6.04 Å². The molecule has 118 valence electrons. The maximum absolute atomic E-state index is 12.1. The molecular weight excluding hydrogens is 304 g/mol. The molecule has 1 saturated heterocycles. The lowest BCUT2D eigenvalue weighted by atomic mass is 10.1. The molecule has 7 heteroatoms. The number of anilines is 1. The molecule has 0 saturated carbocycles. The predicted molar refractivity (Wildman–Crippen MR) is 83.9 cm³/mol. The maximum Gasteiger partial charge on any atom is 0.325 e. The van der Waals surface area contributed by atoms with E-state index < -0.39 is 23.8 Å². The van der Waals surface area contributed by atoms with Crippen LogP contribution in [-0.2, 0) is 14.4 Å². The number of carboxylic acid groups (broad SMARTS) is 1. The standard InChI is InChI=1S/C15H18N2O4S/c1-9(15(20)21)16-14(19)10-6-13(18)17(8-10)11-4-3-5-12(7-11)22-2/h3-5,7,9-10H,6,8H2,1-2H3,(H,16,19)(H,20,21)/t9-,10?/m0/s1. The number of nitrogens with zero attached hydrogens (tertiary/aromatic N) is 1. The van der Waals surface area contributed by atoms with Crippen LogP contribution in [0.2, 0.25) is 0 Å². The van der Waals surface area contributed by atoms with Crippen molar-refractivity contribution in [1.82, 2.24) is 5.32 Å². The van der Waals surface area contributed by atoms with E-state index >= 15 is 0 Å². The van der Waals surface area contributed by atoms with Gasteiger partial charge in [-0.2, -0.15) is 0 Å². The van der Waals surface area contributed by atoms with Crippen LogP contribution in [0, 0.1) is 5.92 Å². The first kappa shape index (κ1) is 16.4. The molecule has 22 heavy (non-hydrogen) atoms. The van der Waals surface area contributed by atoms with E-state index in [2.05, 4.69) is 5.32 Å². The van der Waals surface area contributed by atoms with Gasteiger partial charge in [-0.05, 0) is 31.4 Å². The van der Waals surface area contributed by atoms with Gasteiger partial charge in [0.2, 0.25) is 11.8 Å². The zero-order valence-electron chi connectivity index (χ0n) is 12.4. The topological polar surface area (TPSA) is 86.7 Å². The molecule has 1 heterocycles. The molecule has 6 nitrogen and oxygen atoms in total. The maximum atomic E-state index is 12.1. The molecule has 2 rings (SSSR count). The van der Waals surface area contributed by atoms with Crippen molar-refractivity contribution in [3.63, 3.8) is 0 Å². The van der Waals surface area contributed by atoms with Crippen LogP contribution >= 0.6 is 11.8 Å². The van der Waals surface area contributed by atoms with Crippen molar-refractivity contribution in [3.05, 3.63) is 24.3 Å². The fourth-order valence-corrected chi connectivity index (χ4v) is 2.76. The normalized spacial score (nSPS) is 19.1. The van der Waals surface area contributed by atoms with Gasteiger partial charge in [-0.1, -0.05) is 6.07 Å². The third-order valence-electron chi connectivity index (χ3n) is 3.59. The molecule has 1 aromatic rings. The Bertz CT molecular complexity index is 605. The van der Waals surface area contributed by atoms with Crippen LogP contribution < -0.4 is 10.2 Å². The van der Waals surface area contributed by atoms with Gasteiger partial charge in [-0.15, -0.1) is 11.8 Å². The van der Waals surface area contributed by atoms with Crippen molar-refractivity contribution in [1.29, 1.82) is 0 Å². The van der Waals surface area contributed by atoms with Crippen LogP contribution in [0.1, 0.15) is 13.3 Å². The molecule has 2 amide bonds. The minimum absolute atomic E-state index is 0.0989. The number of carbonyl (C=O) groups is 3. The Balaban J connectivity index is 2.07. The minimum atomic E-state index is -1.10. The second-order valence-electron chi connectivity index (χ2n) is 5.18. The number of amides is 2. The lowest BCUT2D eigenvalue weighted by Crippen LogP contribution is -2.42. The van der Waals surface area contributed by atoms with Crippen LogP contribution in [0.4, 0.5) is 5.69 Å². The van der Waals surface area contributed by atoms with Crippen molar-refractivity contribution in [2.24, 2.45) is 5.92 Å². The first-order valence-electron chi connectivity index (χ1n) is 6.90. The summed E-state index contributed by atoms with van der Waals surface area (Å²) >= 11 is 1.58. The monoisotopic (exact) mass is 322 g/mol. The molecule has 2 atom stereocenters. The van der Waals surface area contributed by atoms with E-state index in [0.29, 0.717) is 0 Å². The highest BCUT2D eigenvalue weighted by Gasteiger charge is 2.36. The predicted octanol–water partition coefficient (Wildman–Crippen LogP) is 1.35. The van der Waals surface area contributed by atoms with E-state index in [1.807, 2.05) is 30.5 Å². The van der Waals surface area contributed by atoms with Crippen molar-refractivity contribution in [2.45, 2.75) is 24.3 Å². The fraction of sp³-hybridized carbons (Fsp3) is 0.400. The molecule has 0 spiro atoms. The zero-order chi connectivity index (χ0) is 16.3. The zero-order valence-corrected chi connectivity index (χ0v) is 13.2. The number of benzene rings is 1. The third-order valence-corrected chi connectivity index (χ3v) is 4.32. The van der Waals surface area contributed by atoms with Gasteiger partial charge in [0, 0.05) is 23.5 Å². The molecule has 0 aromatic heterocycles. The molecule has 2 N–H and O–H groups in total. The summed E-state index contributed by atoms with van der Waals surface area (Å²) in [6.45, 7) is 1.67. The smallest absolute Gasteiger partial charge is 0.325 e. The van der Waals surface area contributed by atoms with Crippen molar-refractivity contribution in [3.8, 4) is 0 Å². The number of hydrogen-bond acceptors (Lipinski definition) is 4.